The summed E-state index contributed by atoms with van der Waals surface area (Å²) in [6.45, 7) is 0.0378. The second-order valence-corrected chi connectivity index (χ2v) is 6.33. The maximum atomic E-state index is 14.0. The minimum Gasteiger partial charge on any atom is -0.493 e. The van der Waals surface area contributed by atoms with Crippen LogP contribution in [0.3, 0.4) is 0 Å². The molecule has 1 fully saturated rings. The van der Waals surface area contributed by atoms with Crippen molar-refractivity contribution in [2.24, 2.45) is 10.3 Å². The lowest BCUT2D eigenvalue weighted by molar-refractivity contribution is -0.123. The van der Waals surface area contributed by atoms with Gasteiger partial charge in [0.05, 0.1) is 26.5 Å². The van der Waals surface area contributed by atoms with Crippen LogP contribution < -0.4 is 14.4 Å². The lowest BCUT2D eigenvalue weighted by Crippen LogP contribution is -2.39. The van der Waals surface area contributed by atoms with Crippen LogP contribution in [0.25, 0.3) is 0 Å². The van der Waals surface area contributed by atoms with Crippen molar-refractivity contribution in [3.63, 3.8) is 0 Å². The van der Waals surface area contributed by atoms with Crippen molar-refractivity contribution >= 4 is 17.5 Å². The summed E-state index contributed by atoms with van der Waals surface area (Å²) in [6, 6.07) is 9.11. The minimum atomic E-state index is -0.952. The van der Waals surface area contributed by atoms with Gasteiger partial charge in [-0.25, -0.2) is 9.29 Å². The Labute approximate surface area is 160 Å². The van der Waals surface area contributed by atoms with Gasteiger partial charge in [-0.05, 0) is 18.2 Å². The summed E-state index contributed by atoms with van der Waals surface area (Å²) in [7, 11) is 2.96. The van der Waals surface area contributed by atoms with E-state index in [-0.39, 0.29) is 6.54 Å². The number of benzene rings is 2. The Morgan fingerprint density at radius 2 is 1.79 bits per heavy atom. The number of hydrogen-bond donors (Lipinski definition) is 0. The highest BCUT2D eigenvalue weighted by Gasteiger charge is 2.54. The molecule has 2 aromatic rings. The third-order valence-corrected chi connectivity index (χ3v) is 4.77. The maximum absolute atomic E-state index is 14.0. The second-order valence-electron chi connectivity index (χ2n) is 6.33. The molecular weight excluding hydrogens is 367 g/mol. The number of fused-ring (bicyclic) bond motifs is 1. The zero-order valence-corrected chi connectivity index (χ0v) is 15.2. The number of anilines is 1. The Morgan fingerprint density at radius 1 is 1.04 bits per heavy atom. The number of ether oxygens (including phenoxy) is 2. The molecule has 144 valence electrons. The van der Waals surface area contributed by atoms with Crippen LogP contribution in [0.2, 0.25) is 0 Å². The summed E-state index contributed by atoms with van der Waals surface area (Å²) in [5.74, 6) is -0.492. The molecule has 1 saturated heterocycles. The summed E-state index contributed by atoms with van der Waals surface area (Å²) >= 11 is 0. The molecule has 2 amide bonds. The van der Waals surface area contributed by atoms with E-state index in [0.29, 0.717) is 22.7 Å². The molecule has 8 nitrogen and oxygen atoms in total. The largest absolute Gasteiger partial charge is 0.493 e. The summed E-state index contributed by atoms with van der Waals surface area (Å²) in [5.41, 5.74) is 0.718. The van der Waals surface area contributed by atoms with Gasteiger partial charge in [-0.2, -0.15) is 5.11 Å². The number of hydrogen-bond acceptors (Lipinski definition) is 7. The molecule has 2 atom stereocenters. The van der Waals surface area contributed by atoms with E-state index in [9.17, 15) is 14.0 Å². The molecule has 2 aromatic carbocycles. The molecule has 2 aliphatic heterocycles. The third-order valence-electron chi connectivity index (χ3n) is 4.77. The van der Waals surface area contributed by atoms with E-state index in [4.69, 9.17) is 9.47 Å². The van der Waals surface area contributed by atoms with Gasteiger partial charge in [0.25, 0.3) is 11.8 Å². The lowest BCUT2D eigenvalue weighted by Gasteiger charge is -2.21. The molecule has 0 N–H and O–H groups in total. The zero-order chi connectivity index (χ0) is 19.8. The van der Waals surface area contributed by atoms with Gasteiger partial charge in [-0.3, -0.25) is 14.6 Å². The number of halogens is 1. The van der Waals surface area contributed by atoms with Crippen LogP contribution in [0.15, 0.2) is 52.8 Å². The highest BCUT2D eigenvalue weighted by atomic mass is 19.1. The Kier molecular flexibility index (Phi) is 4.42. The standard InChI is InChI=1S/C19H17FN4O4/c1-27-14-8-7-12(9-15(14)28-2)24-18(25)16-17(19(24)26)23(22-21-16)10-11-5-3-4-6-13(11)20/h3-9,16-17H,10H2,1-2H3/t16-,17+/m0/s1. The fourth-order valence-electron chi connectivity index (χ4n) is 3.37. The number of imide groups is 1. The Morgan fingerprint density at radius 3 is 2.50 bits per heavy atom. The van der Waals surface area contributed by atoms with E-state index in [1.807, 2.05) is 0 Å². The summed E-state index contributed by atoms with van der Waals surface area (Å²) in [6.07, 6.45) is 0. The fraction of sp³-hybridized carbons (Fsp3) is 0.263. The predicted molar refractivity (Wildman–Crippen MR) is 96.4 cm³/mol. The molecule has 9 heteroatoms. The van der Waals surface area contributed by atoms with Gasteiger partial charge in [0.1, 0.15) is 5.82 Å². The molecule has 28 heavy (non-hydrogen) atoms. The van der Waals surface area contributed by atoms with Crippen LogP contribution in [0.5, 0.6) is 11.5 Å². The lowest BCUT2D eigenvalue weighted by atomic mass is 10.1. The number of methoxy groups -OCH3 is 2. The van der Waals surface area contributed by atoms with Crippen molar-refractivity contribution in [3.8, 4) is 11.5 Å². The van der Waals surface area contributed by atoms with E-state index >= 15 is 0 Å². The van der Waals surface area contributed by atoms with Gasteiger partial charge >= 0.3 is 0 Å². The van der Waals surface area contributed by atoms with Crippen LogP contribution in [-0.4, -0.2) is 43.1 Å². The quantitative estimate of drug-likeness (QED) is 0.739. The first-order chi connectivity index (χ1) is 13.5. The minimum absolute atomic E-state index is 0.0378. The Bertz CT molecular complexity index is 980. The number of carbonyl (C=O) groups is 2. The van der Waals surface area contributed by atoms with E-state index in [1.165, 1.54) is 25.3 Å². The van der Waals surface area contributed by atoms with E-state index in [2.05, 4.69) is 10.3 Å². The number of amides is 2. The van der Waals surface area contributed by atoms with Gasteiger partial charge in [0, 0.05) is 11.6 Å². The molecule has 2 aliphatic rings. The molecule has 0 radical (unpaired) electrons. The van der Waals surface area contributed by atoms with Gasteiger partial charge < -0.3 is 9.47 Å². The van der Waals surface area contributed by atoms with E-state index in [0.717, 1.165) is 4.90 Å². The molecule has 0 aliphatic carbocycles. The first-order valence-corrected chi connectivity index (χ1v) is 8.56. The summed E-state index contributed by atoms with van der Waals surface area (Å²) < 4.78 is 24.4. The van der Waals surface area contributed by atoms with Crippen LogP contribution in [0, 0.1) is 5.82 Å². The second kappa shape index (κ2) is 6.91. The predicted octanol–water partition coefficient (Wildman–Crippen LogP) is 2.34. The van der Waals surface area contributed by atoms with Gasteiger partial charge in [-0.15, -0.1) is 0 Å². The highest BCUT2D eigenvalue weighted by Crippen LogP contribution is 2.37. The molecule has 0 bridgehead atoms. The SMILES string of the molecule is COc1ccc(N2C(=O)[C@H]3N=NN(Cc4ccccc4F)[C@H]3C2=O)cc1OC. The van der Waals surface area contributed by atoms with Crippen molar-refractivity contribution in [3.05, 3.63) is 53.8 Å². The zero-order valence-electron chi connectivity index (χ0n) is 15.2. The van der Waals surface area contributed by atoms with Gasteiger partial charge in [-0.1, -0.05) is 23.4 Å². The summed E-state index contributed by atoms with van der Waals surface area (Å²) in [5, 5.41) is 9.23. The van der Waals surface area contributed by atoms with Gasteiger partial charge in [0.15, 0.2) is 23.6 Å². The first-order valence-electron chi connectivity index (χ1n) is 8.56. The third kappa shape index (κ3) is 2.75. The number of rotatable bonds is 5. The van der Waals surface area contributed by atoms with Crippen molar-refractivity contribution in [2.45, 2.75) is 18.6 Å². The fourth-order valence-corrected chi connectivity index (χ4v) is 3.37. The average molecular weight is 384 g/mol. The van der Waals surface area contributed by atoms with Crippen molar-refractivity contribution < 1.29 is 23.5 Å². The van der Waals surface area contributed by atoms with Crippen molar-refractivity contribution in [1.29, 1.82) is 0 Å². The first kappa shape index (κ1) is 17.9. The van der Waals surface area contributed by atoms with Crippen LogP contribution in [0.4, 0.5) is 10.1 Å². The maximum Gasteiger partial charge on any atom is 0.263 e. The monoisotopic (exact) mass is 384 g/mol. The van der Waals surface area contributed by atoms with Crippen molar-refractivity contribution in [2.75, 3.05) is 19.1 Å². The van der Waals surface area contributed by atoms with E-state index in [1.54, 1.807) is 36.4 Å². The van der Waals surface area contributed by atoms with Crippen LogP contribution in [-0.2, 0) is 16.1 Å². The van der Waals surface area contributed by atoms with Crippen molar-refractivity contribution in [1.82, 2.24) is 5.01 Å². The molecule has 0 aromatic heterocycles. The normalized spacial score (nSPS) is 20.7. The Balaban J connectivity index is 1.62. The average Bonchev–Trinajstić information content (AvgIpc) is 3.23. The molecule has 0 unspecified atom stereocenters. The molecule has 2 heterocycles. The molecule has 0 saturated carbocycles. The van der Waals surface area contributed by atoms with Crippen LogP contribution in [0.1, 0.15) is 5.56 Å². The molecule has 4 rings (SSSR count). The topological polar surface area (TPSA) is 83.8 Å². The molecular formula is C19H17FN4O4. The highest BCUT2D eigenvalue weighted by molar-refractivity contribution is 6.25. The van der Waals surface area contributed by atoms with Crippen LogP contribution >= 0.6 is 0 Å². The molecule has 0 spiro atoms. The van der Waals surface area contributed by atoms with E-state index < -0.39 is 29.7 Å². The Hall–Kier alpha value is -3.49. The number of nitrogens with zero attached hydrogens (tertiary/aromatic N) is 4. The number of carbonyl (C=O) groups excluding carboxylic acids is 2. The smallest absolute Gasteiger partial charge is 0.263 e. The van der Waals surface area contributed by atoms with Gasteiger partial charge in [0.2, 0.25) is 0 Å². The summed E-state index contributed by atoms with van der Waals surface area (Å²) in [4.78, 5) is 26.9.